The highest BCUT2D eigenvalue weighted by molar-refractivity contribution is 6.35. The number of carbonyl (C=O) groups excluding carboxylic acids is 1. The van der Waals surface area contributed by atoms with Crippen LogP contribution >= 0.6 is 11.6 Å². The number of nitrogens with zero attached hydrogens (tertiary/aromatic N) is 4. The molecule has 3 aromatic heterocycles. The molecular weight excluding hydrogens is 450 g/mol. The van der Waals surface area contributed by atoms with Gasteiger partial charge in [-0.05, 0) is 56.5 Å². The largest absolute Gasteiger partial charge is 0.344 e. The molecule has 0 aliphatic carbocycles. The molecule has 3 heterocycles. The first-order valence-corrected chi connectivity index (χ1v) is 11.2. The van der Waals surface area contributed by atoms with Crippen LogP contribution in [0.1, 0.15) is 40.3 Å². The predicted octanol–water partition coefficient (Wildman–Crippen LogP) is 4.79. The SMILES string of the molecule is Cc1ccc(-n2c([C@H](C)NC(=O)c3c(C)nn4cccnc34)cc3cccc(Cl)c3c2=O)cc1. The van der Waals surface area contributed by atoms with Gasteiger partial charge in [-0.3, -0.25) is 14.2 Å². The van der Waals surface area contributed by atoms with E-state index < -0.39 is 6.04 Å². The fourth-order valence-corrected chi connectivity index (χ4v) is 4.49. The Bertz CT molecular complexity index is 1620. The summed E-state index contributed by atoms with van der Waals surface area (Å²) >= 11 is 6.40. The van der Waals surface area contributed by atoms with Crippen molar-refractivity contribution < 1.29 is 4.79 Å². The third kappa shape index (κ3) is 3.64. The number of fused-ring (bicyclic) bond motifs is 2. The normalized spacial score (nSPS) is 12.2. The summed E-state index contributed by atoms with van der Waals surface area (Å²) < 4.78 is 3.19. The number of hydrogen-bond acceptors (Lipinski definition) is 4. The van der Waals surface area contributed by atoms with Crippen LogP contribution < -0.4 is 10.9 Å². The average Bonchev–Trinajstić information content (AvgIpc) is 3.15. The van der Waals surface area contributed by atoms with Crippen LogP contribution in [0.15, 0.2) is 71.8 Å². The summed E-state index contributed by atoms with van der Waals surface area (Å²) in [7, 11) is 0. The van der Waals surface area contributed by atoms with Crippen molar-refractivity contribution in [2.75, 3.05) is 0 Å². The summed E-state index contributed by atoms with van der Waals surface area (Å²) in [5.41, 5.74) is 3.63. The van der Waals surface area contributed by atoms with E-state index in [1.807, 2.05) is 50.2 Å². The second kappa shape index (κ2) is 8.43. The summed E-state index contributed by atoms with van der Waals surface area (Å²) in [5.74, 6) is -0.312. The van der Waals surface area contributed by atoms with E-state index in [2.05, 4.69) is 15.4 Å². The molecule has 5 rings (SSSR count). The van der Waals surface area contributed by atoms with Crippen LogP contribution in [-0.2, 0) is 0 Å². The van der Waals surface area contributed by atoms with Crippen LogP contribution in [0.3, 0.4) is 0 Å². The summed E-state index contributed by atoms with van der Waals surface area (Å²) in [4.78, 5) is 31.3. The Hall–Kier alpha value is -3.97. The minimum atomic E-state index is -0.497. The number of rotatable bonds is 4. The Morgan fingerprint density at radius 3 is 2.62 bits per heavy atom. The molecule has 0 fully saturated rings. The van der Waals surface area contributed by atoms with Crippen molar-refractivity contribution in [2.24, 2.45) is 0 Å². The first-order valence-electron chi connectivity index (χ1n) is 10.9. The highest BCUT2D eigenvalue weighted by atomic mass is 35.5. The van der Waals surface area contributed by atoms with Gasteiger partial charge in [-0.2, -0.15) is 5.10 Å². The fourth-order valence-electron chi connectivity index (χ4n) is 4.22. The van der Waals surface area contributed by atoms with Crippen molar-refractivity contribution in [3.05, 3.63) is 105 Å². The number of nitrogens with one attached hydrogen (secondary N) is 1. The smallest absolute Gasteiger partial charge is 0.264 e. The van der Waals surface area contributed by atoms with Crippen LogP contribution in [0.4, 0.5) is 0 Å². The van der Waals surface area contributed by atoms with Crippen molar-refractivity contribution in [1.29, 1.82) is 0 Å². The monoisotopic (exact) mass is 471 g/mol. The van der Waals surface area contributed by atoms with Gasteiger partial charge in [0, 0.05) is 23.8 Å². The minimum Gasteiger partial charge on any atom is -0.344 e. The average molecular weight is 472 g/mol. The van der Waals surface area contributed by atoms with Gasteiger partial charge in [0.15, 0.2) is 5.65 Å². The molecule has 5 aromatic rings. The Morgan fingerprint density at radius 2 is 1.85 bits per heavy atom. The van der Waals surface area contributed by atoms with Crippen molar-refractivity contribution >= 4 is 33.9 Å². The maximum Gasteiger partial charge on any atom is 0.264 e. The lowest BCUT2D eigenvalue weighted by Gasteiger charge is -2.21. The number of pyridine rings is 1. The molecule has 34 heavy (non-hydrogen) atoms. The van der Waals surface area contributed by atoms with Gasteiger partial charge in [-0.15, -0.1) is 0 Å². The second-order valence-corrected chi connectivity index (χ2v) is 8.70. The van der Waals surface area contributed by atoms with Gasteiger partial charge < -0.3 is 5.32 Å². The second-order valence-electron chi connectivity index (χ2n) is 8.29. The molecule has 0 bridgehead atoms. The Kier molecular flexibility index (Phi) is 5.42. The number of carbonyl (C=O) groups is 1. The van der Waals surface area contributed by atoms with Gasteiger partial charge in [0.05, 0.1) is 22.1 Å². The van der Waals surface area contributed by atoms with Gasteiger partial charge >= 0.3 is 0 Å². The first kappa shape index (κ1) is 21.9. The van der Waals surface area contributed by atoms with Crippen LogP contribution in [-0.4, -0.2) is 25.1 Å². The number of aromatic nitrogens is 4. The number of benzene rings is 2. The quantitative estimate of drug-likeness (QED) is 0.408. The van der Waals surface area contributed by atoms with Crippen LogP contribution in [0.5, 0.6) is 0 Å². The Morgan fingerprint density at radius 1 is 1.09 bits per heavy atom. The van der Waals surface area contributed by atoms with E-state index in [1.54, 1.807) is 46.6 Å². The lowest BCUT2D eigenvalue weighted by atomic mass is 10.1. The molecule has 1 atom stereocenters. The van der Waals surface area contributed by atoms with Gasteiger partial charge in [0.1, 0.15) is 5.56 Å². The van der Waals surface area contributed by atoms with Gasteiger partial charge in [0.2, 0.25) is 0 Å². The van der Waals surface area contributed by atoms with Crippen LogP contribution in [0, 0.1) is 13.8 Å². The Labute approximate surface area is 200 Å². The number of halogens is 1. The van der Waals surface area contributed by atoms with Crippen molar-refractivity contribution in [3.63, 3.8) is 0 Å². The van der Waals surface area contributed by atoms with E-state index in [0.29, 0.717) is 44.1 Å². The molecule has 7 nitrogen and oxygen atoms in total. The highest BCUT2D eigenvalue weighted by Crippen LogP contribution is 2.26. The summed E-state index contributed by atoms with van der Waals surface area (Å²) in [6.45, 7) is 5.61. The van der Waals surface area contributed by atoms with Crippen molar-refractivity contribution in [3.8, 4) is 5.69 Å². The van der Waals surface area contributed by atoms with Crippen LogP contribution in [0.25, 0.3) is 22.1 Å². The molecule has 1 N–H and O–H groups in total. The molecule has 8 heteroatoms. The molecule has 0 aliphatic rings. The number of aryl methyl sites for hydroxylation is 2. The molecule has 1 amide bonds. The third-order valence-corrected chi connectivity index (χ3v) is 6.22. The van der Waals surface area contributed by atoms with E-state index in [0.717, 1.165) is 5.56 Å². The van der Waals surface area contributed by atoms with E-state index >= 15 is 0 Å². The van der Waals surface area contributed by atoms with Gasteiger partial charge in [-0.25, -0.2) is 9.50 Å². The summed E-state index contributed by atoms with van der Waals surface area (Å²) in [5, 5.41) is 8.95. The standard InChI is InChI=1S/C26H22ClN5O2/c1-15-8-10-19(11-9-15)32-21(14-18-6-4-7-20(27)23(18)26(32)34)16(2)29-25(33)22-17(3)30-31-13-5-12-28-24(22)31/h4-14,16H,1-3H3,(H,29,33)/t16-/m0/s1. The molecule has 0 saturated heterocycles. The van der Waals surface area contributed by atoms with Crippen LogP contribution in [0.2, 0.25) is 5.02 Å². The zero-order valence-corrected chi connectivity index (χ0v) is 19.7. The molecule has 0 radical (unpaired) electrons. The zero-order chi connectivity index (χ0) is 24.0. The molecular formula is C26H22ClN5O2. The fraction of sp³-hybridized carbons (Fsp3) is 0.154. The van der Waals surface area contributed by atoms with E-state index in [1.165, 1.54) is 0 Å². The van der Waals surface area contributed by atoms with E-state index in [4.69, 9.17) is 11.6 Å². The summed E-state index contributed by atoms with van der Waals surface area (Å²) in [6.07, 6.45) is 3.37. The molecule has 0 unspecified atom stereocenters. The Balaban J connectivity index is 1.64. The highest BCUT2D eigenvalue weighted by Gasteiger charge is 2.23. The van der Waals surface area contributed by atoms with Gasteiger partial charge in [-0.1, -0.05) is 41.4 Å². The lowest BCUT2D eigenvalue weighted by molar-refractivity contribution is 0.0939. The van der Waals surface area contributed by atoms with Gasteiger partial charge in [0.25, 0.3) is 11.5 Å². The lowest BCUT2D eigenvalue weighted by Crippen LogP contribution is -2.32. The predicted molar refractivity (Wildman–Crippen MR) is 133 cm³/mol. The van der Waals surface area contributed by atoms with Crippen molar-refractivity contribution in [2.45, 2.75) is 26.8 Å². The number of amides is 1. The van der Waals surface area contributed by atoms with E-state index in [9.17, 15) is 9.59 Å². The summed E-state index contributed by atoms with van der Waals surface area (Å²) in [6, 6.07) is 16.2. The van der Waals surface area contributed by atoms with E-state index in [-0.39, 0.29) is 11.5 Å². The molecule has 2 aromatic carbocycles. The van der Waals surface area contributed by atoms with Crippen molar-refractivity contribution in [1.82, 2.24) is 24.5 Å². The molecule has 0 saturated carbocycles. The maximum atomic E-state index is 13.6. The zero-order valence-electron chi connectivity index (χ0n) is 18.9. The minimum absolute atomic E-state index is 0.239. The first-order chi connectivity index (χ1) is 16.3. The third-order valence-electron chi connectivity index (χ3n) is 5.91. The topological polar surface area (TPSA) is 81.3 Å². The molecule has 0 aliphatic heterocycles. The molecule has 0 spiro atoms. The number of hydrogen-bond donors (Lipinski definition) is 1. The maximum absolute atomic E-state index is 13.6. The molecule has 170 valence electrons.